The van der Waals surface area contributed by atoms with Crippen molar-refractivity contribution in [1.29, 1.82) is 5.26 Å². The average molecular weight is 240 g/mol. The van der Waals surface area contributed by atoms with Gasteiger partial charge >= 0.3 is 0 Å². The van der Waals surface area contributed by atoms with Crippen LogP contribution in [0.5, 0.6) is 0 Å². The van der Waals surface area contributed by atoms with Crippen molar-refractivity contribution in [1.82, 2.24) is 4.89 Å². The average Bonchev–Trinajstić information content (AvgIpc) is 2.25. The van der Waals surface area contributed by atoms with Crippen LogP contribution in [0.15, 0.2) is 23.1 Å². The number of nitriles is 1. The van der Waals surface area contributed by atoms with E-state index in [1.807, 2.05) is 11.0 Å². The molecule has 0 aliphatic carbocycles. The van der Waals surface area contributed by atoms with Gasteiger partial charge in [-0.05, 0) is 37.6 Å². The number of nitrogens with zero attached hydrogens (tertiary/aromatic N) is 1. The van der Waals surface area contributed by atoms with Crippen molar-refractivity contribution in [3.63, 3.8) is 0 Å². The van der Waals surface area contributed by atoms with Crippen LogP contribution in [0, 0.1) is 18.3 Å². The Morgan fingerprint density at radius 3 is 2.69 bits per heavy atom. The van der Waals surface area contributed by atoms with Gasteiger partial charge in [0, 0.05) is 0 Å². The highest BCUT2D eigenvalue weighted by atomic mass is 32.2. The molecule has 86 valence electrons. The summed E-state index contributed by atoms with van der Waals surface area (Å²) >= 11 is 0. The quantitative estimate of drug-likeness (QED) is 0.799. The lowest BCUT2D eigenvalue weighted by Crippen LogP contribution is -2.24. The third kappa shape index (κ3) is 2.79. The van der Waals surface area contributed by atoms with Crippen LogP contribution in [0.4, 0.5) is 0 Å². The van der Waals surface area contributed by atoms with E-state index in [1.54, 1.807) is 13.8 Å². The largest absolute Gasteiger partial charge is 0.287 e. The topological polar surface area (TPSA) is 79.2 Å². The first-order valence-electron chi connectivity index (χ1n) is 4.65. The molecule has 0 spiro atoms. The molecule has 0 atom stereocenters. The van der Waals surface area contributed by atoms with Crippen molar-refractivity contribution in [2.75, 3.05) is 6.61 Å². The lowest BCUT2D eigenvalue weighted by molar-refractivity contribution is 0.105. The Labute approximate surface area is 94.7 Å². The van der Waals surface area contributed by atoms with Gasteiger partial charge in [0.2, 0.25) is 0 Å². The first-order chi connectivity index (χ1) is 7.51. The molecule has 0 bridgehead atoms. The molecule has 0 unspecified atom stereocenters. The molecule has 1 N–H and O–H groups in total. The number of rotatable bonds is 4. The van der Waals surface area contributed by atoms with Gasteiger partial charge in [0.05, 0.1) is 23.1 Å². The number of benzene rings is 1. The van der Waals surface area contributed by atoms with E-state index in [4.69, 9.17) is 5.26 Å². The van der Waals surface area contributed by atoms with Gasteiger partial charge in [0.15, 0.2) is 0 Å². The summed E-state index contributed by atoms with van der Waals surface area (Å²) in [5.41, 5.74) is 0.930. The van der Waals surface area contributed by atoms with E-state index in [0.717, 1.165) is 0 Å². The van der Waals surface area contributed by atoms with Gasteiger partial charge in [-0.3, -0.25) is 4.84 Å². The predicted molar refractivity (Wildman–Crippen MR) is 57.8 cm³/mol. The highest BCUT2D eigenvalue weighted by molar-refractivity contribution is 7.89. The van der Waals surface area contributed by atoms with Crippen molar-refractivity contribution in [3.8, 4) is 6.07 Å². The van der Waals surface area contributed by atoms with Crippen LogP contribution < -0.4 is 4.89 Å². The van der Waals surface area contributed by atoms with E-state index in [1.165, 1.54) is 18.2 Å². The molecule has 0 aliphatic rings. The summed E-state index contributed by atoms with van der Waals surface area (Å²) in [5, 5.41) is 8.66. The van der Waals surface area contributed by atoms with Crippen molar-refractivity contribution < 1.29 is 13.3 Å². The van der Waals surface area contributed by atoms with Gasteiger partial charge in [-0.25, -0.2) is 8.42 Å². The molecule has 0 fully saturated rings. The molecule has 1 aromatic carbocycles. The molecule has 0 amide bonds. The van der Waals surface area contributed by atoms with E-state index >= 15 is 0 Å². The fourth-order valence-electron chi connectivity index (χ4n) is 1.20. The second-order valence-electron chi connectivity index (χ2n) is 3.11. The van der Waals surface area contributed by atoms with Crippen LogP contribution in [-0.4, -0.2) is 15.0 Å². The summed E-state index contributed by atoms with van der Waals surface area (Å²) in [5.74, 6) is 0. The van der Waals surface area contributed by atoms with Gasteiger partial charge in [-0.15, -0.1) is 0 Å². The van der Waals surface area contributed by atoms with Crippen LogP contribution in [0.1, 0.15) is 18.1 Å². The number of sulfonamides is 1. The van der Waals surface area contributed by atoms with Gasteiger partial charge in [0.25, 0.3) is 10.0 Å². The molecule has 16 heavy (non-hydrogen) atoms. The van der Waals surface area contributed by atoms with Crippen LogP contribution >= 0.6 is 0 Å². The lowest BCUT2D eigenvalue weighted by atomic mass is 10.2. The maximum absolute atomic E-state index is 11.7. The third-order valence-electron chi connectivity index (χ3n) is 1.91. The first-order valence-corrected chi connectivity index (χ1v) is 6.14. The van der Waals surface area contributed by atoms with Crippen molar-refractivity contribution in [3.05, 3.63) is 29.3 Å². The highest BCUT2D eigenvalue weighted by Crippen LogP contribution is 2.16. The van der Waals surface area contributed by atoms with Crippen molar-refractivity contribution in [2.45, 2.75) is 18.7 Å². The zero-order valence-corrected chi connectivity index (χ0v) is 9.84. The molecule has 0 heterocycles. The molecule has 0 aromatic heterocycles. The highest BCUT2D eigenvalue weighted by Gasteiger charge is 2.16. The molecule has 5 nitrogen and oxygen atoms in total. The molecule has 0 aliphatic heterocycles. The van der Waals surface area contributed by atoms with E-state index in [0.29, 0.717) is 11.1 Å². The standard InChI is InChI=1S/C10H12N2O3S/c1-3-15-12-16(13,14)10-5-4-9(7-11)6-8(10)2/h4-6,12H,3H2,1-2H3. The molecule has 0 saturated carbocycles. The fourth-order valence-corrected chi connectivity index (χ4v) is 2.29. The zero-order valence-electron chi connectivity index (χ0n) is 9.02. The zero-order chi connectivity index (χ0) is 12.2. The maximum atomic E-state index is 11.7. The lowest BCUT2D eigenvalue weighted by Gasteiger charge is -2.08. The summed E-state index contributed by atoms with van der Waals surface area (Å²) in [4.78, 5) is 6.76. The van der Waals surface area contributed by atoms with Gasteiger partial charge in [-0.2, -0.15) is 5.26 Å². The van der Waals surface area contributed by atoms with Crippen molar-refractivity contribution in [2.24, 2.45) is 0 Å². The Morgan fingerprint density at radius 1 is 1.50 bits per heavy atom. The minimum absolute atomic E-state index is 0.111. The normalized spacial score (nSPS) is 11.1. The first kappa shape index (κ1) is 12.6. The second-order valence-corrected chi connectivity index (χ2v) is 4.73. The molecular formula is C10H12N2O3S. The number of aryl methyl sites for hydroxylation is 1. The molecule has 0 saturated heterocycles. The molecule has 6 heteroatoms. The summed E-state index contributed by atoms with van der Waals surface area (Å²) in [7, 11) is -3.66. The SMILES string of the molecule is CCONS(=O)(=O)c1ccc(C#N)cc1C. The summed E-state index contributed by atoms with van der Waals surface area (Å²) in [6.07, 6.45) is 0. The monoisotopic (exact) mass is 240 g/mol. The summed E-state index contributed by atoms with van der Waals surface area (Å²) in [6.45, 7) is 3.55. The predicted octanol–water partition coefficient (Wildman–Crippen LogP) is 1.10. The maximum Gasteiger partial charge on any atom is 0.262 e. The molecule has 1 aromatic rings. The number of nitrogens with one attached hydrogen (secondary N) is 1. The number of hydrogen-bond donors (Lipinski definition) is 1. The van der Waals surface area contributed by atoms with Gasteiger partial charge < -0.3 is 0 Å². The van der Waals surface area contributed by atoms with Gasteiger partial charge in [-0.1, -0.05) is 4.89 Å². The second kappa shape index (κ2) is 5.07. The Kier molecular flexibility index (Phi) is 4.01. The molecule has 0 radical (unpaired) electrons. The minimum atomic E-state index is -3.66. The smallest absolute Gasteiger partial charge is 0.262 e. The Morgan fingerprint density at radius 2 is 2.19 bits per heavy atom. The van der Waals surface area contributed by atoms with Crippen LogP contribution in [0.2, 0.25) is 0 Å². The van der Waals surface area contributed by atoms with Crippen LogP contribution in [-0.2, 0) is 14.9 Å². The van der Waals surface area contributed by atoms with Gasteiger partial charge in [0.1, 0.15) is 0 Å². The minimum Gasteiger partial charge on any atom is -0.287 e. The Bertz CT molecular complexity index is 517. The van der Waals surface area contributed by atoms with E-state index < -0.39 is 10.0 Å². The van der Waals surface area contributed by atoms with Crippen LogP contribution in [0.25, 0.3) is 0 Å². The van der Waals surface area contributed by atoms with E-state index in [-0.39, 0.29) is 11.5 Å². The third-order valence-corrected chi connectivity index (χ3v) is 3.28. The summed E-state index contributed by atoms with van der Waals surface area (Å²) < 4.78 is 23.4. The van der Waals surface area contributed by atoms with Crippen molar-refractivity contribution >= 4 is 10.0 Å². The van der Waals surface area contributed by atoms with E-state index in [2.05, 4.69) is 4.84 Å². The summed E-state index contributed by atoms with van der Waals surface area (Å²) in [6, 6.07) is 6.29. The molecule has 1 rings (SSSR count). The fraction of sp³-hybridized carbons (Fsp3) is 0.300. The van der Waals surface area contributed by atoms with Crippen LogP contribution in [0.3, 0.4) is 0 Å². The Hall–Kier alpha value is -1.42. The molecular weight excluding hydrogens is 228 g/mol. The Balaban J connectivity index is 3.10. The van der Waals surface area contributed by atoms with E-state index in [9.17, 15) is 8.42 Å². The number of hydrogen-bond acceptors (Lipinski definition) is 4.